The minimum absolute atomic E-state index is 0.000248. The molecule has 2 saturated heterocycles. The van der Waals surface area contributed by atoms with Gasteiger partial charge in [-0.2, -0.15) is 5.26 Å². The zero-order valence-electron chi connectivity index (χ0n) is 37.3. The summed E-state index contributed by atoms with van der Waals surface area (Å²) in [5.74, 6) is -1.41. The Morgan fingerprint density at radius 3 is 2.34 bits per heavy atom. The Kier molecular flexibility index (Phi) is 13.2. The van der Waals surface area contributed by atoms with Gasteiger partial charge in [-0.25, -0.2) is 22.7 Å². The highest BCUT2D eigenvalue weighted by atomic mass is 35.5. The predicted octanol–water partition coefficient (Wildman–Crippen LogP) is 4.98. The van der Waals surface area contributed by atoms with Crippen molar-refractivity contribution in [3.8, 4) is 23.3 Å². The standard InChI is InChI=1S/C48H45ClN8O10S/c1-48(2,30-7-12-35(13-8-30)66-27-33-17-18-51-47(53-33)56(68(4,63)64)23-28-5-10-34(65-3)11-6-28)31-19-29(22-50)43(39(49)20-31)67-36-24-55(25-36)26-42(59)52-32-9-14-37-38(21-32)46(62)57(45(37)61)40-15-16-41(58)54-44(40)60/h5-14,17-21,36,40H,15-16,23-27H2,1-4H3,(H,52,59)(H,54,58,60). The summed E-state index contributed by atoms with van der Waals surface area (Å²) < 4.78 is 44.1. The fraction of sp³-hybridized carbons (Fsp3) is 0.292. The minimum Gasteiger partial charge on any atom is -0.497 e. The highest BCUT2D eigenvalue weighted by Crippen LogP contribution is 2.40. The van der Waals surface area contributed by atoms with E-state index in [4.69, 9.17) is 25.8 Å². The van der Waals surface area contributed by atoms with Crippen LogP contribution in [-0.2, 0) is 43.0 Å². The SMILES string of the molecule is COc1ccc(CN(c2nccc(COc3ccc(C(C)(C)c4cc(Cl)c(OC5CN(CC(=O)Nc6ccc7c(c6)C(=O)N(C6CCC(=O)NC6=O)C7=O)C5)c(C#N)c4)cc3)n2)S(C)(=O)=O)cc1. The van der Waals surface area contributed by atoms with Gasteiger partial charge in [-0.3, -0.25) is 39.1 Å². The van der Waals surface area contributed by atoms with E-state index >= 15 is 0 Å². The number of sulfonamides is 1. The van der Waals surface area contributed by atoms with Gasteiger partial charge in [0, 0.05) is 36.8 Å². The maximum atomic E-state index is 13.2. The van der Waals surface area contributed by atoms with Gasteiger partial charge in [-0.05, 0) is 83.8 Å². The fourth-order valence-electron chi connectivity index (χ4n) is 8.11. The number of likely N-dealkylation sites (tertiary alicyclic amines) is 1. The van der Waals surface area contributed by atoms with Crippen molar-refractivity contribution >= 4 is 62.8 Å². The van der Waals surface area contributed by atoms with E-state index in [9.17, 15) is 37.7 Å². The van der Waals surface area contributed by atoms with Gasteiger partial charge < -0.3 is 19.5 Å². The molecule has 5 aromatic rings. The molecule has 0 radical (unpaired) electrons. The molecule has 2 fully saturated rings. The molecular formula is C48H45ClN8O10S. The number of methoxy groups -OCH3 is 1. The van der Waals surface area contributed by atoms with Crippen molar-refractivity contribution in [2.24, 2.45) is 0 Å². The van der Waals surface area contributed by atoms with Crippen LogP contribution in [0.1, 0.15) is 75.4 Å². The molecule has 20 heteroatoms. The number of nitriles is 1. The number of carbonyl (C=O) groups excluding carboxylic acids is 5. The normalized spacial score (nSPS) is 16.4. The van der Waals surface area contributed by atoms with Crippen LogP contribution in [0, 0.1) is 11.3 Å². The summed E-state index contributed by atoms with van der Waals surface area (Å²) >= 11 is 6.79. The molecule has 0 spiro atoms. The Morgan fingerprint density at radius 1 is 0.956 bits per heavy atom. The highest BCUT2D eigenvalue weighted by molar-refractivity contribution is 7.92. The number of ether oxygens (including phenoxy) is 3. The average molecular weight is 961 g/mol. The molecule has 1 atom stereocenters. The quantitative estimate of drug-likeness (QED) is 0.124. The first kappa shape index (κ1) is 47.1. The Labute approximate surface area is 396 Å². The van der Waals surface area contributed by atoms with E-state index < -0.39 is 45.1 Å². The van der Waals surface area contributed by atoms with Crippen LogP contribution in [0.15, 0.2) is 91.1 Å². The molecule has 18 nitrogen and oxygen atoms in total. The Morgan fingerprint density at radius 2 is 1.66 bits per heavy atom. The second kappa shape index (κ2) is 19.1. The summed E-state index contributed by atoms with van der Waals surface area (Å²) in [6.07, 6.45) is 2.27. The molecule has 4 heterocycles. The van der Waals surface area contributed by atoms with Crippen LogP contribution in [0.25, 0.3) is 0 Å². The Balaban J connectivity index is 0.842. The molecule has 0 bridgehead atoms. The third kappa shape index (κ3) is 9.98. The first-order valence-electron chi connectivity index (χ1n) is 21.4. The van der Waals surface area contributed by atoms with E-state index in [0.29, 0.717) is 36.0 Å². The number of imide groups is 2. The van der Waals surface area contributed by atoms with Crippen LogP contribution in [-0.4, -0.2) is 103 Å². The van der Waals surface area contributed by atoms with Crippen molar-refractivity contribution in [1.29, 1.82) is 5.26 Å². The summed E-state index contributed by atoms with van der Waals surface area (Å²) in [4.78, 5) is 74.6. The summed E-state index contributed by atoms with van der Waals surface area (Å²) in [5, 5.41) is 15.4. The molecule has 0 aliphatic carbocycles. The number of hydrogen-bond donors (Lipinski definition) is 2. The van der Waals surface area contributed by atoms with E-state index in [1.165, 1.54) is 24.4 Å². The van der Waals surface area contributed by atoms with Gasteiger partial charge in [0.1, 0.15) is 36.3 Å². The van der Waals surface area contributed by atoms with Crippen LogP contribution in [0.3, 0.4) is 0 Å². The van der Waals surface area contributed by atoms with Crippen LogP contribution in [0.5, 0.6) is 17.2 Å². The highest BCUT2D eigenvalue weighted by Gasteiger charge is 2.45. The number of hydrogen-bond acceptors (Lipinski definition) is 14. The topological polar surface area (TPSA) is 231 Å². The van der Waals surface area contributed by atoms with Crippen LogP contribution in [0.2, 0.25) is 5.02 Å². The van der Waals surface area contributed by atoms with Gasteiger partial charge in [0.2, 0.25) is 33.7 Å². The van der Waals surface area contributed by atoms with Crippen LogP contribution >= 0.6 is 11.6 Å². The zero-order chi connectivity index (χ0) is 48.5. The molecule has 350 valence electrons. The van der Waals surface area contributed by atoms with Gasteiger partial charge in [0.15, 0.2) is 5.75 Å². The Bertz CT molecular complexity index is 2990. The van der Waals surface area contributed by atoms with Gasteiger partial charge >= 0.3 is 0 Å². The summed E-state index contributed by atoms with van der Waals surface area (Å²) in [6.45, 7) is 4.82. The van der Waals surface area contributed by atoms with Crippen molar-refractivity contribution in [1.82, 2.24) is 25.1 Å². The maximum Gasteiger partial charge on any atom is 0.262 e. The van der Waals surface area contributed by atoms with Crippen LogP contribution in [0.4, 0.5) is 11.6 Å². The average Bonchev–Trinajstić information content (AvgIpc) is 3.54. The van der Waals surface area contributed by atoms with Gasteiger partial charge in [0.05, 0.1) is 53.9 Å². The van der Waals surface area contributed by atoms with E-state index in [1.807, 2.05) is 43.0 Å². The lowest BCUT2D eigenvalue weighted by atomic mass is 9.77. The van der Waals surface area contributed by atoms with E-state index in [0.717, 1.165) is 32.2 Å². The molecular weight excluding hydrogens is 916 g/mol. The second-order valence-corrected chi connectivity index (χ2v) is 19.4. The third-order valence-electron chi connectivity index (χ3n) is 12.0. The number of anilines is 2. The molecule has 3 aliphatic heterocycles. The number of nitrogens with one attached hydrogen (secondary N) is 2. The van der Waals surface area contributed by atoms with Gasteiger partial charge in [-0.15, -0.1) is 0 Å². The molecule has 5 amide bonds. The van der Waals surface area contributed by atoms with E-state index in [1.54, 1.807) is 49.6 Å². The summed E-state index contributed by atoms with van der Waals surface area (Å²) in [6, 6.07) is 25.1. The molecule has 3 aliphatic rings. The lowest BCUT2D eigenvalue weighted by molar-refractivity contribution is -0.136. The number of halogens is 1. The number of fused-ring (bicyclic) bond motifs is 1. The summed E-state index contributed by atoms with van der Waals surface area (Å²) in [5.41, 5.74) is 2.96. The minimum atomic E-state index is -3.73. The monoisotopic (exact) mass is 960 g/mol. The number of benzene rings is 4. The molecule has 1 aromatic heterocycles. The maximum absolute atomic E-state index is 13.2. The molecule has 2 N–H and O–H groups in total. The van der Waals surface area contributed by atoms with Gasteiger partial charge in [0.25, 0.3) is 11.8 Å². The van der Waals surface area contributed by atoms with Crippen molar-refractivity contribution in [2.75, 3.05) is 42.6 Å². The molecule has 4 aromatic carbocycles. The zero-order valence-corrected chi connectivity index (χ0v) is 38.9. The van der Waals surface area contributed by atoms with Crippen LogP contribution < -0.4 is 29.1 Å². The largest absolute Gasteiger partial charge is 0.497 e. The summed E-state index contributed by atoms with van der Waals surface area (Å²) in [7, 11) is -2.18. The second-order valence-electron chi connectivity index (χ2n) is 17.0. The first-order valence-corrected chi connectivity index (χ1v) is 23.6. The van der Waals surface area contributed by atoms with Crippen molar-refractivity contribution < 1.29 is 46.6 Å². The third-order valence-corrected chi connectivity index (χ3v) is 13.3. The predicted molar refractivity (Wildman–Crippen MR) is 248 cm³/mol. The number of nitrogens with zero attached hydrogens (tertiary/aromatic N) is 6. The smallest absolute Gasteiger partial charge is 0.262 e. The van der Waals surface area contributed by atoms with Crippen molar-refractivity contribution in [2.45, 2.75) is 57.4 Å². The molecule has 68 heavy (non-hydrogen) atoms. The number of rotatable bonds is 16. The fourth-order valence-corrected chi connectivity index (χ4v) is 9.14. The lowest BCUT2D eigenvalue weighted by Crippen LogP contribution is -2.55. The van der Waals surface area contributed by atoms with Crippen molar-refractivity contribution in [3.63, 3.8) is 0 Å². The first-order chi connectivity index (χ1) is 32.4. The van der Waals surface area contributed by atoms with Crippen molar-refractivity contribution in [3.05, 3.63) is 135 Å². The number of piperidine rings is 1. The number of amides is 5. The van der Waals surface area contributed by atoms with Gasteiger partial charge in [-0.1, -0.05) is 49.7 Å². The van der Waals surface area contributed by atoms with E-state index in [2.05, 4.69) is 26.7 Å². The lowest BCUT2D eigenvalue weighted by Gasteiger charge is -2.38. The molecule has 8 rings (SSSR count). The Hall–Kier alpha value is -7.40. The molecule has 1 unspecified atom stereocenters. The molecule has 0 saturated carbocycles. The number of carbonyl (C=O) groups is 5. The van der Waals surface area contributed by atoms with E-state index in [-0.39, 0.29) is 78.0 Å². The number of aromatic nitrogens is 2.